The molecule has 2 aromatic carbocycles. The summed E-state index contributed by atoms with van der Waals surface area (Å²) < 4.78 is 11.9. The largest absolute Gasteiger partial charge is 0.494 e. The lowest BCUT2D eigenvalue weighted by atomic mass is 9.67. The molecule has 4 rings (SSSR count). The molecule has 0 saturated heterocycles. The Labute approximate surface area is 184 Å². The second kappa shape index (κ2) is 6.88. The van der Waals surface area contributed by atoms with Gasteiger partial charge in [0.05, 0.1) is 17.3 Å². The van der Waals surface area contributed by atoms with Gasteiger partial charge in [-0.25, -0.2) is 0 Å². The van der Waals surface area contributed by atoms with Crippen LogP contribution >= 0.6 is 23.5 Å². The smallest absolute Gasteiger partial charge is 0.122 e. The van der Waals surface area contributed by atoms with Crippen molar-refractivity contribution in [2.75, 3.05) is 13.2 Å². The van der Waals surface area contributed by atoms with Gasteiger partial charge in [-0.05, 0) is 74.2 Å². The first-order valence-corrected chi connectivity index (χ1v) is 12.2. The molecule has 0 bridgehead atoms. The highest BCUT2D eigenvalue weighted by Crippen LogP contribution is 2.74. The summed E-state index contributed by atoms with van der Waals surface area (Å²) >= 11 is 4.10. The van der Waals surface area contributed by atoms with Crippen LogP contribution in [0.15, 0.2) is 34.1 Å². The van der Waals surface area contributed by atoms with Crippen molar-refractivity contribution in [1.82, 2.24) is 0 Å². The summed E-state index contributed by atoms with van der Waals surface area (Å²) in [6, 6.07) is 9.26. The number of rotatable bonds is 4. The molecule has 0 amide bonds. The third kappa shape index (κ3) is 2.78. The molecule has 2 aromatic rings. The molecule has 0 fully saturated rings. The molecule has 29 heavy (non-hydrogen) atoms. The van der Waals surface area contributed by atoms with Crippen LogP contribution in [0.2, 0.25) is 0 Å². The number of thioether (sulfide) groups is 2. The predicted octanol–water partition coefficient (Wildman–Crippen LogP) is 7.26. The molecule has 0 N–H and O–H groups in total. The van der Waals surface area contributed by atoms with Crippen LogP contribution in [-0.4, -0.2) is 17.3 Å². The lowest BCUT2D eigenvalue weighted by molar-refractivity contribution is 0.325. The molecular formula is C25H32O2S2. The fourth-order valence-corrected chi connectivity index (χ4v) is 9.17. The van der Waals surface area contributed by atoms with Crippen LogP contribution in [0, 0.1) is 13.8 Å². The topological polar surface area (TPSA) is 18.5 Å². The third-order valence-electron chi connectivity index (χ3n) is 6.65. The van der Waals surface area contributed by atoms with Crippen LogP contribution in [-0.2, 0) is 10.8 Å². The molecule has 0 saturated carbocycles. The van der Waals surface area contributed by atoms with Crippen molar-refractivity contribution in [3.8, 4) is 11.5 Å². The van der Waals surface area contributed by atoms with E-state index in [0.717, 1.165) is 11.5 Å². The number of hydrogen-bond donors (Lipinski definition) is 0. The van der Waals surface area contributed by atoms with Gasteiger partial charge in [0.15, 0.2) is 0 Å². The van der Waals surface area contributed by atoms with E-state index < -0.39 is 0 Å². The monoisotopic (exact) mass is 428 g/mol. The van der Waals surface area contributed by atoms with E-state index in [1.54, 1.807) is 0 Å². The number of benzene rings is 2. The van der Waals surface area contributed by atoms with Crippen molar-refractivity contribution in [3.63, 3.8) is 0 Å². The molecule has 0 atom stereocenters. The highest BCUT2D eigenvalue weighted by molar-refractivity contribution is 8.19. The molecule has 156 valence electrons. The molecule has 2 aliphatic rings. The maximum Gasteiger partial charge on any atom is 0.122 e. The molecular weight excluding hydrogens is 396 g/mol. The van der Waals surface area contributed by atoms with E-state index in [-0.39, 0.29) is 14.9 Å². The van der Waals surface area contributed by atoms with Gasteiger partial charge in [0.1, 0.15) is 11.5 Å². The van der Waals surface area contributed by atoms with Crippen LogP contribution in [0.1, 0.15) is 63.8 Å². The summed E-state index contributed by atoms with van der Waals surface area (Å²) in [7, 11) is 0. The van der Waals surface area contributed by atoms with Gasteiger partial charge < -0.3 is 9.47 Å². The zero-order valence-electron chi connectivity index (χ0n) is 18.9. The van der Waals surface area contributed by atoms with Crippen molar-refractivity contribution in [3.05, 3.63) is 46.5 Å². The Morgan fingerprint density at radius 1 is 0.690 bits per heavy atom. The van der Waals surface area contributed by atoms with Gasteiger partial charge in [0.25, 0.3) is 0 Å². The first kappa shape index (κ1) is 21.0. The Kier molecular flexibility index (Phi) is 4.98. The highest BCUT2D eigenvalue weighted by Gasteiger charge is 2.65. The Morgan fingerprint density at radius 2 is 1.07 bits per heavy atom. The number of hydrogen-bond acceptors (Lipinski definition) is 4. The van der Waals surface area contributed by atoms with E-state index in [4.69, 9.17) is 9.47 Å². The van der Waals surface area contributed by atoms with E-state index in [1.165, 1.54) is 32.0 Å². The normalized spacial score (nSPS) is 19.9. The van der Waals surface area contributed by atoms with Gasteiger partial charge in [0.2, 0.25) is 0 Å². The fraction of sp³-hybridized carbons (Fsp3) is 0.520. The number of ether oxygens (including phenoxy) is 2. The van der Waals surface area contributed by atoms with Crippen molar-refractivity contribution in [2.24, 2.45) is 0 Å². The molecule has 2 aliphatic heterocycles. The quantitative estimate of drug-likeness (QED) is 0.510. The molecule has 0 radical (unpaired) electrons. The summed E-state index contributed by atoms with van der Waals surface area (Å²) in [4.78, 5) is 2.79. The summed E-state index contributed by atoms with van der Waals surface area (Å²) in [5.74, 6) is 2.04. The maximum atomic E-state index is 5.95. The average Bonchev–Trinajstić information content (AvgIpc) is 2.98. The van der Waals surface area contributed by atoms with Gasteiger partial charge in [-0.15, -0.1) is 23.5 Å². The fourth-order valence-electron chi connectivity index (χ4n) is 5.07. The van der Waals surface area contributed by atoms with Crippen LogP contribution < -0.4 is 9.47 Å². The summed E-state index contributed by atoms with van der Waals surface area (Å²) in [5, 5.41) is 0. The van der Waals surface area contributed by atoms with E-state index >= 15 is 0 Å². The van der Waals surface area contributed by atoms with Gasteiger partial charge >= 0.3 is 0 Å². The first-order valence-electron chi connectivity index (χ1n) is 10.5. The number of fused-ring (bicyclic) bond motifs is 2. The SMILES string of the molecule is CCOc1cc2c(cc1C)SC1(Sc3cc(C)c(OCC)cc3C1(C)C)C2(C)C. The number of aryl methyl sites for hydroxylation is 2. The van der Waals surface area contributed by atoms with Gasteiger partial charge in [0, 0.05) is 20.6 Å². The second-order valence-electron chi connectivity index (χ2n) is 9.16. The predicted molar refractivity (Wildman–Crippen MR) is 125 cm³/mol. The minimum atomic E-state index is -0.0147. The maximum absolute atomic E-state index is 5.95. The van der Waals surface area contributed by atoms with E-state index in [0.29, 0.717) is 13.2 Å². The van der Waals surface area contributed by atoms with Crippen molar-refractivity contribution < 1.29 is 9.47 Å². The zero-order chi connectivity index (χ0) is 21.2. The molecule has 0 aromatic heterocycles. The second-order valence-corrected chi connectivity index (χ2v) is 11.9. The van der Waals surface area contributed by atoms with Crippen LogP contribution in [0.3, 0.4) is 0 Å². The molecule has 0 unspecified atom stereocenters. The lowest BCUT2D eigenvalue weighted by Gasteiger charge is -2.46. The molecule has 1 spiro atoms. The molecule has 4 heteroatoms. The standard InChI is InChI=1S/C25H32O2S2/c1-9-26-19-13-17-21(11-15(19)3)28-25(23(17,5)6)24(7,8)18-14-20(27-10-2)16(4)12-22(18)29-25/h11-14H,9-10H2,1-8H3. The van der Waals surface area contributed by atoms with E-state index in [1.807, 2.05) is 23.5 Å². The highest BCUT2D eigenvalue weighted by atomic mass is 32.2. The Morgan fingerprint density at radius 3 is 1.41 bits per heavy atom. The van der Waals surface area contributed by atoms with E-state index in [2.05, 4.69) is 79.7 Å². The Bertz CT molecular complexity index is 896. The van der Waals surface area contributed by atoms with Crippen LogP contribution in [0.25, 0.3) is 0 Å². The third-order valence-corrected chi connectivity index (χ3v) is 10.9. The van der Waals surface area contributed by atoms with Crippen LogP contribution in [0.5, 0.6) is 11.5 Å². The zero-order valence-corrected chi connectivity index (χ0v) is 20.5. The van der Waals surface area contributed by atoms with Gasteiger partial charge in [-0.3, -0.25) is 0 Å². The summed E-state index contributed by atoms with van der Waals surface area (Å²) in [5.41, 5.74) is 5.23. The molecule has 2 nitrogen and oxygen atoms in total. The minimum absolute atomic E-state index is 0.0145. The summed E-state index contributed by atoms with van der Waals surface area (Å²) in [6.07, 6.45) is 0. The minimum Gasteiger partial charge on any atom is -0.494 e. The Balaban J connectivity index is 1.86. The van der Waals surface area contributed by atoms with Crippen molar-refractivity contribution in [1.29, 1.82) is 0 Å². The first-order chi connectivity index (χ1) is 13.6. The average molecular weight is 429 g/mol. The van der Waals surface area contributed by atoms with Crippen LogP contribution in [0.4, 0.5) is 0 Å². The van der Waals surface area contributed by atoms with Crippen molar-refractivity contribution in [2.45, 2.75) is 80.1 Å². The van der Waals surface area contributed by atoms with Gasteiger partial charge in [-0.2, -0.15) is 0 Å². The van der Waals surface area contributed by atoms with Gasteiger partial charge in [-0.1, -0.05) is 27.7 Å². The molecule has 2 heterocycles. The lowest BCUT2D eigenvalue weighted by Crippen LogP contribution is -2.49. The van der Waals surface area contributed by atoms with E-state index in [9.17, 15) is 0 Å². The molecule has 0 aliphatic carbocycles. The van der Waals surface area contributed by atoms with Crippen molar-refractivity contribution >= 4 is 23.5 Å². The summed E-state index contributed by atoms with van der Waals surface area (Å²) in [6.45, 7) is 19.5. The Hall–Kier alpha value is -1.26.